The fourth-order valence-corrected chi connectivity index (χ4v) is 2.69. The molecule has 11 heteroatoms. The number of rotatable bonds is 4. The number of aryl methyl sites for hydroxylation is 1. The first-order valence-electron chi connectivity index (χ1n) is 9.12. The second kappa shape index (κ2) is 9.25. The third-order valence-electron chi connectivity index (χ3n) is 3.98. The minimum Gasteiger partial charge on any atom is -0.475 e. The SMILES string of the molecule is Cc1cc(N)cc(Nc2nccc(Oc3ccc4[nH]ccc4c3)n2)c1.O=C(O)C(F)(F)F. The van der Waals surface area contributed by atoms with E-state index >= 15 is 0 Å². The Morgan fingerprint density at radius 1 is 1.16 bits per heavy atom. The van der Waals surface area contributed by atoms with Gasteiger partial charge in [0.2, 0.25) is 11.8 Å². The van der Waals surface area contributed by atoms with Gasteiger partial charge in [-0.1, -0.05) is 0 Å². The highest BCUT2D eigenvalue weighted by atomic mass is 19.4. The summed E-state index contributed by atoms with van der Waals surface area (Å²) < 4.78 is 37.6. The van der Waals surface area contributed by atoms with E-state index in [4.69, 9.17) is 20.4 Å². The van der Waals surface area contributed by atoms with Crippen molar-refractivity contribution in [1.29, 1.82) is 0 Å². The summed E-state index contributed by atoms with van der Waals surface area (Å²) in [5, 5.41) is 11.4. The van der Waals surface area contributed by atoms with Crippen molar-refractivity contribution in [1.82, 2.24) is 15.0 Å². The van der Waals surface area contributed by atoms with E-state index in [1.807, 2.05) is 55.6 Å². The smallest absolute Gasteiger partial charge is 0.475 e. The number of nitrogen functional groups attached to an aromatic ring is 1. The van der Waals surface area contributed by atoms with Gasteiger partial charge in [-0.3, -0.25) is 0 Å². The molecule has 0 spiro atoms. The van der Waals surface area contributed by atoms with E-state index in [-0.39, 0.29) is 0 Å². The summed E-state index contributed by atoms with van der Waals surface area (Å²) in [6, 6.07) is 15.3. The lowest BCUT2D eigenvalue weighted by Crippen LogP contribution is -2.21. The molecule has 2 heterocycles. The number of anilines is 3. The van der Waals surface area contributed by atoms with Crippen LogP contribution in [-0.2, 0) is 4.79 Å². The minimum atomic E-state index is -5.08. The van der Waals surface area contributed by atoms with Gasteiger partial charge in [-0.05, 0) is 55.0 Å². The Morgan fingerprint density at radius 3 is 2.59 bits per heavy atom. The number of fused-ring (bicyclic) bond motifs is 1. The molecule has 0 bridgehead atoms. The van der Waals surface area contributed by atoms with Gasteiger partial charge in [0.25, 0.3) is 0 Å². The van der Waals surface area contributed by atoms with Crippen LogP contribution in [0.5, 0.6) is 11.6 Å². The number of aliphatic carboxylic acids is 1. The van der Waals surface area contributed by atoms with Crippen molar-refractivity contribution in [2.45, 2.75) is 13.1 Å². The van der Waals surface area contributed by atoms with E-state index in [1.54, 1.807) is 12.3 Å². The van der Waals surface area contributed by atoms with Gasteiger partial charge in [-0.2, -0.15) is 18.2 Å². The third-order valence-corrected chi connectivity index (χ3v) is 3.98. The standard InChI is InChI=1S/C19H17N5O.C2HF3O2/c1-12-8-14(20)11-15(9-12)23-19-22-7-5-18(24-19)25-16-2-3-17-13(10-16)4-6-21-17;3-2(4,5)1(6)7/h2-11,21H,20H2,1H3,(H,22,23,24);(H,6,7). The van der Waals surface area contributed by atoms with Gasteiger partial charge < -0.3 is 25.9 Å². The molecule has 0 radical (unpaired) electrons. The number of aromatic amines is 1. The highest BCUT2D eigenvalue weighted by molar-refractivity contribution is 5.80. The van der Waals surface area contributed by atoms with Crippen LogP contribution >= 0.6 is 0 Å². The molecule has 2 aromatic carbocycles. The maximum absolute atomic E-state index is 10.6. The maximum atomic E-state index is 10.6. The van der Waals surface area contributed by atoms with Crippen molar-refractivity contribution >= 4 is 34.2 Å². The molecule has 4 rings (SSSR count). The molecule has 0 saturated carbocycles. The summed E-state index contributed by atoms with van der Waals surface area (Å²) in [7, 11) is 0. The van der Waals surface area contributed by atoms with Crippen LogP contribution < -0.4 is 15.8 Å². The number of nitrogens with one attached hydrogen (secondary N) is 2. The van der Waals surface area contributed by atoms with Gasteiger partial charge >= 0.3 is 12.1 Å². The summed E-state index contributed by atoms with van der Waals surface area (Å²) in [4.78, 5) is 20.7. The molecule has 0 aliphatic carbocycles. The van der Waals surface area contributed by atoms with Crippen molar-refractivity contribution in [3.63, 3.8) is 0 Å². The van der Waals surface area contributed by atoms with E-state index in [0.717, 1.165) is 27.9 Å². The van der Waals surface area contributed by atoms with Crippen LogP contribution in [0.2, 0.25) is 0 Å². The monoisotopic (exact) mass is 445 g/mol. The van der Waals surface area contributed by atoms with Crippen molar-refractivity contribution in [3.05, 3.63) is 66.5 Å². The largest absolute Gasteiger partial charge is 0.490 e. The number of benzene rings is 2. The van der Waals surface area contributed by atoms with Crippen LogP contribution in [0.15, 0.2) is 60.9 Å². The molecule has 0 aliphatic heterocycles. The Labute approximate surface area is 179 Å². The molecule has 2 aromatic heterocycles. The Balaban J connectivity index is 0.000000360. The number of carboxylic acids is 1. The fourth-order valence-electron chi connectivity index (χ4n) is 2.69. The molecule has 166 valence electrons. The normalized spacial score (nSPS) is 10.9. The molecule has 0 saturated heterocycles. The number of hydrogen-bond donors (Lipinski definition) is 4. The van der Waals surface area contributed by atoms with Crippen molar-refractivity contribution in [2.75, 3.05) is 11.1 Å². The van der Waals surface area contributed by atoms with Crippen molar-refractivity contribution in [2.24, 2.45) is 0 Å². The van der Waals surface area contributed by atoms with Gasteiger partial charge in [-0.15, -0.1) is 0 Å². The van der Waals surface area contributed by atoms with E-state index < -0.39 is 12.1 Å². The van der Waals surface area contributed by atoms with Gasteiger partial charge in [-0.25, -0.2) is 9.78 Å². The van der Waals surface area contributed by atoms with Crippen LogP contribution in [0.1, 0.15) is 5.56 Å². The summed E-state index contributed by atoms with van der Waals surface area (Å²) in [5.74, 6) is -1.12. The predicted octanol–water partition coefficient (Wildman–Crippen LogP) is 5.02. The lowest BCUT2D eigenvalue weighted by atomic mass is 10.2. The van der Waals surface area contributed by atoms with Gasteiger partial charge in [0.05, 0.1) is 0 Å². The quantitative estimate of drug-likeness (QED) is 0.325. The molecule has 32 heavy (non-hydrogen) atoms. The molecule has 0 aliphatic rings. The zero-order chi connectivity index (χ0) is 23.3. The van der Waals surface area contributed by atoms with Crippen LogP contribution in [0.4, 0.5) is 30.5 Å². The molecule has 0 amide bonds. The van der Waals surface area contributed by atoms with E-state index in [0.29, 0.717) is 17.5 Å². The number of aromatic nitrogens is 3. The number of carbonyl (C=O) groups is 1. The molecule has 4 aromatic rings. The highest BCUT2D eigenvalue weighted by Crippen LogP contribution is 2.25. The van der Waals surface area contributed by atoms with E-state index in [2.05, 4.69) is 20.3 Å². The molecule has 0 atom stereocenters. The van der Waals surface area contributed by atoms with Crippen molar-refractivity contribution in [3.8, 4) is 11.6 Å². The molecule has 8 nitrogen and oxygen atoms in total. The summed E-state index contributed by atoms with van der Waals surface area (Å²) >= 11 is 0. The van der Waals surface area contributed by atoms with Crippen LogP contribution in [-0.4, -0.2) is 32.2 Å². The van der Waals surface area contributed by atoms with Crippen LogP contribution in [0.3, 0.4) is 0 Å². The second-order valence-electron chi connectivity index (χ2n) is 6.61. The first-order valence-corrected chi connectivity index (χ1v) is 9.12. The molecular weight excluding hydrogens is 427 g/mol. The molecular formula is C21H18F3N5O3. The number of carboxylic acid groups (broad SMARTS) is 1. The third kappa shape index (κ3) is 6.11. The Hall–Kier alpha value is -4.28. The first kappa shape index (κ1) is 22.4. The Kier molecular flexibility index (Phi) is 6.47. The zero-order valence-corrected chi connectivity index (χ0v) is 16.6. The Bertz CT molecular complexity index is 1220. The molecule has 0 fully saturated rings. The number of halogens is 3. The number of ether oxygens (including phenoxy) is 1. The second-order valence-corrected chi connectivity index (χ2v) is 6.61. The zero-order valence-electron chi connectivity index (χ0n) is 16.6. The van der Waals surface area contributed by atoms with E-state index in [1.165, 1.54) is 0 Å². The highest BCUT2D eigenvalue weighted by Gasteiger charge is 2.38. The predicted molar refractivity (Wildman–Crippen MR) is 113 cm³/mol. The van der Waals surface area contributed by atoms with E-state index in [9.17, 15) is 13.2 Å². The summed E-state index contributed by atoms with van der Waals surface area (Å²) in [5.41, 5.74) is 9.53. The molecule has 5 N–H and O–H groups in total. The minimum absolute atomic E-state index is 0.449. The lowest BCUT2D eigenvalue weighted by molar-refractivity contribution is -0.192. The Morgan fingerprint density at radius 2 is 1.91 bits per heavy atom. The summed E-state index contributed by atoms with van der Waals surface area (Å²) in [6.45, 7) is 1.99. The fraction of sp³-hybridized carbons (Fsp3) is 0.0952. The number of hydrogen-bond acceptors (Lipinski definition) is 6. The summed E-state index contributed by atoms with van der Waals surface area (Å²) in [6.07, 6.45) is -1.53. The lowest BCUT2D eigenvalue weighted by Gasteiger charge is -2.09. The van der Waals surface area contributed by atoms with Crippen LogP contribution in [0, 0.1) is 6.92 Å². The number of alkyl halides is 3. The van der Waals surface area contributed by atoms with Gasteiger partial charge in [0.15, 0.2) is 0 Å². The number of H-pyrrole nitrogens is 1. The topological polar surface area (TPSA) is 126 Å². The van der Waals surface area contributed by atoms with Crippen molar-refractivity contribution < 1.29 is 27.8 Å². The number of nitrogens with zero attached hydrogens (tertiary/aromatic N) is 2. The van der Waals surface area contributed by atoms with Gasteiger partial charge in [0, 0.05) is 40.7 Å². The average Bonchev–Trinajstić information content (AvgIpc) is 3.15. The van der Waals surface area contributed by atoms with Gasteiger partial charge in [0.1, 0.15) is 5.75 Å². The van der Waals surface area contributed by atoms with Crippen LogP contribution in [0.25, 0.3) is 10.9 Å². The maximum Gasteiger partial charge on any atom is 0.490 e. The first-order chi connectivity index (χ1) is 15.1. The average molecular weight is 445 g/mol. The molecule has 0 unspecified atom stereocenters. The number of nitrogens with two attached hydrogens (primary N) is 1.